The Labute approximate surface area is 106 Å². The topological polar surface area (TPSA) is 47.7 Å². The summed E-state index contributed by atoms with van der Waals surface area (Å²) in [6.07, 6.45) is 2.32. The largest absolute Gasteiger partial charge is 0.383 e. The summed E-state index contributed by atoms with van der Waals surface area (Å²) < 4.78 is 10.4. The Balaban J connectivity index is 4.07. The third-order valence-corrected chi connectivity index (χ3v) is 3.35. The maximum Gasteiger partial charge on any atom is 0.0615 e. The van der Waals surface area contributed by atoms with E-state index in [1.807, 2.05) is 0 Å². The van der Waals surface area contributed by atoms with Crippen LogP contribution in [0.3, 0.4) is 0 Å². The first-order chi connectivity index (χ1) is 8.19. The molecule has 0 aromatic rings. The molecular formula is C13H30N2O2. The lowest BCUT2D eigenvalue weighted by Crippen LogP contribution is -2.40. The van der Waals surface area contributed by atoms with Crippen molar-refractivity contribution in [3.05, 3.63) is 0 Å². The highest BCUT2D eigenvalue weighted by atomic mass is 16.5. The molecule has 0 amide bonds. The summed E-state index contributed by atoms with van der Waals surface area (Å²) in [7, 11) is 3.49. The van der Waals surface area contributed by atoms with Gasteiger partial charge >= 0.3 is 0 Å². The lowest BCUT2D eigenvalue weighted by Gasteiger charge is -2.29. The molecule has 0 saturated heterocycles. The average molecular weight is 246 g/mol. The van der Waals surface area contributed by atoms with Gasteiger partial charge in [0.05, 0.1) is 13.2 Å². The SMILES string of the molecule is CCC(CN)CCN(CCOC)C(C)COC. The Kier molecular flexibility index (Phi) is 10.9. The second kappa shape index (κ2) is 11.0. The predicted octanol–water partition coefficient (Wildman–Crippen LogP) is 1.34. The monoisotopic (exact) mass is 246 g/mol. The quantitative estimate of drug-likeness (QED) is 0.598. The fraction of sp³-hybridized carbons (Fsp3) is 1.00. The van der Waals surface area contributed by atoms with E-state index in [0.29, 0.717) is 12.0 Å². The van der Waals surface area contributed by atoms with E-state index in [0.717, 1.165) is 45.7 Å². The number of nitrogens with zero attached hydrogens (tertiary/aromatic N) is 1. The summed E-state index contributed by atoms with van der Waals surface area (Å²) in [5.74, 6) is 0.634. The van der Waals surface area contributed by atoms with Crippen LogP contribution in [0.1, 0.15) is 26.7 Å². The van der Waals surface area contributed by atoms with Gasteiger partial charge in [-0.05, 0) is 32.4 Å². The van der Waals surface area contributed by atoms with Crippen LogP contribution in [0, 0.1) is 5.92 Å². The summed E-state index contributed by atoms with van der Waals surface area (Å²) in [5.41, 5.74) is 5.74. The molecule has 2 unspecified atom stereocenters. The Bertz CT molecular complexity index is 163. The van der Waals surface area contributed by atoms with E-state index in [1.54, 1.807) is 14.2 Å². The highest BCUT2D eigenvalue weighted by Gasteiger charge is 2.15. The number of hydrogen-bond acceptors (Lipinski definition) is 4. The van der Waals surface area contributed by atoms with Crippen LogP contribution in [-0.4, -0.2) is 58.0 Å². The van der Waals surface area contributed by atoms with E-state index in [-0.39, 0.29) is 0 Å². The normalized spacial score (nSPS) is 15.2. The molecule has 0 rings (SSSR count). The minimum Gasteiger partial charge on any atom is -0.383 e. The summed E-state index contributed by atoms with van der Waals surface area (Å²) in [6, 6.07) is 0.436. The van der Waals surface area contributed by atoms with Crippen molar-refractivity contribution in [2.45, 2.75) is 32.7 Å². The first-order valence-corrected chi connectivity index (χ1v) is 6.61. The molecular weight excluding hydrogens is 216 g/mol. The molecule has 0 aliphatic rings. The van der Waals surface area contributed by atoms with E-state index in [9.17, 15) is 0 Å². The van der Waals surface area contributed by atoms with Crippen LogP contribution >= 0.6 is 0 Å². The number of nitrogens with two attached hydrogens (primary N) is 1. The van der Waals surface area contributed by atoms with Gasteiger partial charge in [0.25, 0.3) is 0 Å². The standard InChI is InChI=1S/C13H30N2O2/c1-5-13(10-14)6-7-15(8-9-16-3)12(2)11-17-4/h12-13H,5-11,14H2,1-4H3. The van der Waals surface area contributed by atoms with Crippen LogP contribution in [0.4, 0.5) is 0 Å². The smallest absolute Gasteiger partial charge is 0.0615 e. The Morgan fingerprint density at radius 3 is 2.35 bits per heavy atom. The molecule has 2 atom stereocenters. The highest BCUT2D eigenvalue weighted by Crippen LogP contribution is 2.09. The Hall–Kier alpha value is -0.160. The number of rotatable bonds is 11. The fourth-order valence-corrected chi connectivity index (χ4v) is 1.94. The molecule has 0 bridgehead atoms. The van der Waals surface area contributed by atoms with Crippen molar-refractivity contribution in [1.29, 1.82) is 0 Å². The van der Waals surface area contributed by atoms with Crippen molar-refractivity contribution in [2.24, 2.45) is 11.7 Å². The lowest BCUT2D eigenvalue weighted by atomic mass is 10.0. The third-order valence-electron chi connectivity index (χ3n) is 3.35. The second-order valence-electron chi connectivity index (χ2n) is 4.63. The van der Waals surface area contributed by atoms with Crippen molar-refractivity contribution < 1.29 is 9.47 Å². The maximum atomic E-state index is 5.74. The van der Waals surface area contributed by atoms with Crippen molar-refractivity contribution in [3.63, 3.8) is 0 Å². The molecule has 0 aliphatic heterocycles. The molecule has 0 spiro atoms. The molecule has 0 radical (unpaired) electrons. The van der Waals surface area contributed by atoms with Crippen molar-refractivity contribution >= 4 is 0 Å². The Morgan fingerprint density at radius 1 is 1.18 bits per heavy atom. The van der Waals surface area contributed by atoms with Gasteiger partial charge in [0.15, 0.2) is 0 Å². The minimum absolute atomic E-state index is 0.436. The zero-order valence-electron chi connectivity index (χ0n) is 11.9. The minimum atomic E-state index is 0.436. The van der Waals surface area contributed by atoms with Crippen LogP contribution in [0.5, 0.6) is 0 Å². The molecule has 0 aromatic carbocycles. The molecule has 0 aromatic heterocycles. The van der Waals surface area contributed by atoms with Gasteiger partial charge < -0.3 is 15.2 Å². The molecule has 4 heteroatoms. The zero-order valence-corrected chi connectivity index (χ0v) is 11.9. The van der Waals surface area contributed by atoms with Crippen molar-refractivity contribution in [1.82, 2.24) is 4.90 Å². The van der Waals surface area contributed by atoms with Crippen LogP contribution in [-0.2, 0) is 9.47 Å². The fourth-order valence-electron chi connectivity index (χ4n) is 1.94. The maximum absolute atomic E-state index is 5.74. The van der Waals surface area contributed by atoms with Crippen LogP contribution in [0.2, 0.25) is 0 Å². The van der Waals surface area contributed by atoms with Gasteiger partial charge in [-0.1, -0.05) is 13.3 Å². The number of hydrogen-bond donors (Lipinski definition) is 1. The second-order valence-corrected chi connectivity index (χ2v) is 4.63. The summed E-state index contributed by atoms with van der Waals surface area (Å²) in [5, 5.41) is 0. The molecule has 2 N–H and O–H groups in total. The van der Waals surface area contributed by atoms with Gasteiger partial charge in [0.1, 0.15) is 0 Å². The summed E-state index contributed by atoms with van der Waals surface area (Å²) in [6.45, 7) is 8.76. The number of methoxy groups -OCH3 is 2. The third kappa shape index (κ3) is 7.71. The van der Waals surface area contributed by atoms with Crippen LogP contribution < -0.4 is 5.73 Å². The first kappa shape index (κ1) is 16.8. The van der Waals surface area contributed by atoms with Gasteiger partial charge in [-0.25, -0.2) is 0 Å². The molecule has 0 saturated carbocycles. The highest BCUT2D eigenvalue weighted by molar-refractivity contribution is 4.69. The van der Waals surface area contributed by atoms with Gasteiger partial charge in [-0.2, -0.15) is 0 Å². The van der Waals surface area contributed by atoms with E-state index >= 15 is 0 Å². The molecule has 17 heavy (non-hydrogen) atoms. The molecule has 104 valence electrons. The summed E-state index contributed by atoms with van der Waals surface area (Å²) in [4.78, 5) is 2.42. The van der Waals surface area contributed by atoms with E-state index in [4.69, 9.17) is 15.2 Å². The number of ether oxygens (including phenoxy) is 2. The predicted molar refractivity (Wildman–Crippen MR) is 72.2 cm³/mol. The summed E-state index contributed by atoms with van der Waals surface area (Å²) >= 11 is 0. The van der Waals surface area contributed by atoms with E-state index in [2.05, 4.69) is 18.7 Å². The molecule has 0 heterocycles. The Morgan fingerprint density at radius 2 is 1.88 bits per heavy atom. The van der Waals surface area contributed by atoms with E-state index < -0.39 is 0 Å². The molecule has 0 fully saturated rings. The van der Waals surface area contributed by atoms with Crippen LogP contribution in [0.25, 0.3) is 0 Å². The van der Waals surface area contributed by atoms with Gasteiger partial charge in [0.2, 0.25) is 0 Å². The first-order valence-electron chi connectivity index (χ1n) is 6.61. The van der Waals surface area contributed by atoms with Crippen molar-refractivity contribution in [3.8, 4) is 0 Å². The van der Waals surface area contributed by atoms with E-state index in [1.165, 1.54) is 0 Å². The van der Waals surface area contributed by atoms with Gasteiger partial charge in [0, 0.05) is 26.8 Å². The van der Waals surface area contributed by atoms with Gasteiger partial charge in [-0.15, -0.1) is 0 Å². The van der Waals surface area contributed by atoms with Gasteiger partial charge in [-0.3, -0.25) is 4.90 Å². The lowest BCUT2D eigenvalue weighted by molar-refractivity contribution is 0.0714. The average Bonchev–Trinajstić information content (AvgIpc) is 2.34. The molecule has 4 nitrogen and oxygen atoms in total. The zero-order chi connectivity index (χ0) is 13.1. The van der Waals surface area contributed by atoms with Crippen LogP contribution in [0.15, 0.2) is 0 Å². The molecule has 0 aliphatic carbocycles. The van der Waals surface area contributed by atoms with Crippen molar-refractivity contribution in [2.75, 3.05) is 47.1 Å².